The Kier molecular flexibility index (Phi) is 4.49. The molecule has 3 heterocycles. The lowest BCUT2D eigenvalue weighted by atomic mass is 10.2. The second kappa shape index (κ2) is 7.17. The van der Waals surface area contributed by atoms with E-state index in [1.807, 2.05) is 64.9 Å². The van der Waals surface area contributed by atoms with Crippen molar-refractivity contribution in [3.8, 4) is 11.4 Å². The first-order chi connectivity index (χ1) is 14.1. The number of aryl methyl sites for hydroxylation is 1. The van der Waals surface area contributed by atoms with Crippen LogP contribution in [0.4, 0.5) is 10.5 Å². The number of carbonyl (C=O) groups is 1. The van der Waals surface area contributed by atoms with Gasteiger partial charge >= 0.3 is 6.03 Å². The third-order valence-corrected chi connectivity index (χ3v) is 6.41. The van der Waals surface area contributed by atoms with Gasteiger partial charge in [0.25, 0.3) is 0 Å². The number of fused-ring (bicyclic) bond motifs is 3. The maximum Gasteiger partial charge on any atom is 0.322 e. The molecule has 0 bridgehead atoms. The SMILES string of the molecule is Cc1ccccc1NC(=O)N1CCc2c(sc3nc(-c4ccc(Cl)cc4)nn23)C1. The van der Waals surface area contributed by atoms with E-state index in [4.69, 9.17) is 11.6 Å². The molecule has 2 amide bonds. The van der Waals surface area contributed by atoms with Crippen LogP contribution in [0.25, 0.3) is 16.3 Å². The fourth-order valence-electron chi connectivity index (χ4n) is 3.49. The molecule has 0 unspecified atom stereocenters. The minimum Gasteiger partial charge on any atom is -0.319 e. The third-order valence-electron chi connectivity index (χ3n) is 5.10. The second-order valence-corrected chi connectivity index (χ2v) is 8.52. The molecule has 1 N–H and O–H groups in total. The molecule has 0 saturated heterocycles. The standard InChI is InChI=1S/C21H18ClN5OS/c1-13-4-2-3-5-16(13)23-20(28)26-11-10-17-18(12-26)29-21-24-19(25-27(17)21)14-6-8-15(22)9-7-14/h2-9H,10-12H2,1H3,(H,23,28). The van der Waals surface area contributed by atoms with E-state index >= 15 is 0 Å². The van der Waals surface area contributed by atoms with E-state index in [-0.39, 0.29) is 6.03 Å². The Hall–Kier alpha value is -2.90. The van der Waals surface area contributed by atoms with Gasteiger partial charge in [-0.25, -0.2) is 9.31 Å². The highest BCUT2D eigenvalue weighted by atomic mass is 35.5. The largest absolute Gasteiger partial charge is 0.322 e. The number of benzene rings is 2. The first kappa shape index (κ1) is 18.1. The number of aromatic nitrogens is 3. The molecule has 29 heavy (non-hydrogen) atoms. The average Bonchev–Trinajstić information content (AvgIpc) is 3.27. The molecule has 0 fully saturated rings. The molecule has 0 radical (unpaired) electrons. The van der Waals surface area contributed by atoms with Gasteiger partial charge in [-0.2, -0.15) is 4.98 Å². The number of amides is 2. The van der Waals surface area contributed by atoms with E-state index in [9.17, 15) is 4.79 Å². The summed E-state index contributed by atoms with van der Waals surface area (Å²) in [6.07, 6.45) is 0.750. The topological polar surface area (TPSA) is 62.5 Å². The quantitative estimate of drug-likeness (QED) is 0.493. The van der Waals surface area contributed by atoms with Crippen LogP contribution in [-0.2, 0) is 13.0 Å². The normalized spacial score (nSPS) is 13.5. The van der Waals surface area contributed by atoms with Gasteiger partial charge in [0.15, 0.2) is 5.82 Å². The van der Waals surface area contributed by atoms with Gasteiger partial charge in [0, 0.05) is 34.1 Å². The van der Waals surface area contributed by atoms with Crippen LogP contribution < -0.4 is 5.32 Å². The number of hydrogen-bond acceptors (Lipinski definition) is 4. The predicted molar refractivity (Wildman–Crippen MR) is 116 cm³/mol. The Bertz CT molecular complexity index is 1210. The number of carbonyl (C=O) groups excluding carboxylic acids is 1. The zero-order valence-electron chi connectivity index (χ0n) is 15.7. The summed E-state index contributed by atoms with van der Waals surface area (Å²) in [5.74, 6) is 0.690. The summed E-state index contributed by atoms with van der Waals surface area (Å²) in [7, 11) is 0. The van der Waals surface area contributed by atoms with Crippen LogP contribution in [0.3, 0.4) is 0 Å². The van der Waals surface area contributed by atoms with Gasteiger partial charge in [0.05, 0.1) is 12.2 Å². The molecule has 2 aromatic carbocycles. The minimum atomic E-state index is -0.0780. The van der Waals surface area contributed by atoms with E-state index in [0.29, 0.717) is 23.9 Å². The van der Waals surface area contributed by atoms with Crippen molar-refractivity contribution >= 4 is 39.6 Å². The lowest BCUT2D eigenvalue weighted by Crippen LogP contribution is -2.38. The lowest BCUT2D eigenvalue weighted by molar-refractivity contribution is 0.206. The summed E-state index contributed by atoms with van der Waals surface area (Å²) in [5, 5.41) is 8.40. The maximum atomic E-state index is 12.7. The molecule has 8 heteroatoms. The number of urea groups is 1. The van der Waals surface area contributed by atoms with Crippen LogP contribution in [0.5, 0.6) is 0 Å². The van der Waals surface area contributed by atoms with Crippen LogP contribution in [0.15, 0.2) is 48.5 Å². The molecular weight excluding hydrogens is 406 g/mol. The summed E-state index contributed by atoms with van der Waals surface area (Å²) < 4.78 is 1.92. The summed E-state index contributed by atoms with van der Waals surface area (Å²) in [6.45, 7) is 3.20. The second-order valence-electron chi connectivity index (χ2n) is 7.03. The van der Waals surface area contributed by atoms with Crippen LogP contribution in [0.1, 0.15) is 16.1 Å². The number of rotatable bonds is 2. The van der Waals surface area contributed by atoms with Gasteiger partial charge in [0.1, 0.15) is 0 Å². The Balaban J connectivity index is 1.37. The van der Waals surface area contributed by atoms with Crippen LogP contribution in [0.2, 0.25) is 5.02 Å². The van der Waals surface area contributed by atoms with E-state index in [1.165, 1.54) is 0 Å². The van der Waals surface area contributed by atoms with Crippen LogP contribution in [-0.4, -0.2) is 32.1 Å². The van der Waals surface area contributed by atoms with E-state index in [1.54, 1.807) is 11.3 Å². The average molecular weight is 424 g/mol. The zero-order chi connectivity index (χ0) is 20.0. The van der Waals surface area contributed by atoms with E-state index in [2.05, 4.69) is 15.4 Å². The molecule has 0 aliphatic carbocycles. The highest BCUT2D eigenvalue weighted by Gasteiger charge is 2.26. The Morgan fingerprint density at radius 1 is 1.17 bits per heavy atom. The van der Waals surface area contributed by atoms with Gasteiger partial charge in [-0.3, -0.25) is 0 Å². The van der Waals surface area contributed by atoms with Crippen molar-refractivity contribution in [3.63, 3.8) is 0 Å². The molecule has 0 saturated carbocycles. The number of nitrogens with zero attached hydrogens (tertiary/aromatic N) is 4. The lowest BCUT2D eigenvalue weighted by Gasteiger charge is -2.27. The van der Waals surface area contributed by atoms with Crippen molar-refractivity contribution in [1.82, 2.24) is 19.5 Å². The Labute approximate surface area is 176 Å². The smallest absolute Gasteiger partial charge is 0.319 e. The van der Waals surface area contributed by atoms with Crippen LogP contribution in [0, 0.1) is 6.92 Å². The molecule has 4 aromatic rings. The number of anilines is 1. The molecule has 2 aromatic heterocycles. The molecular formula is C21H18ClN5OS. The monoisotopic (exact) mass is 423 g/mol. The Morgan fingerprint density at radius 2 is 1.97 bits per heavy atom. The Morgan fingerprint density at radius 3 is 2.76 bits per heavy atom. The van der Waals surface area contributed by atoms with Crippen molar-refractivity contribution in [2.24, 2.45) is 0 Å². The maximum absolute atomic E-state index is 12.7. The van der Waals surface area contributed by atoms with Crippen molar-refractivity contribution in [1.29, 1.82) is 0 Å². The van der Waals surface area contributed by atoms with E-state index < -0.39 is 0 Å². The predicted octanol–water partition coefficient (Wildman–Crippen LogP) is 5.01. The van der Waals surface area contributed by atoms with Crippen molar-refractivity contribution in [2.75, 3.05) is 11.9 Å². The third kappa shape index (κ3) is 3.36. The van der Waals surface area contributed by atoms with Crippen molar-refractivity contribution < 1.29 is 4.79 Å². The fourth-order valence-corrected chi connectivity index (χ4v) is 4.73. The summed E-state index contributed by atoms with van der Waals surface area (Å²) in [4.78, 5) is 21.2. The number of nitrogens with one attached hydrogen (secondary N) is 1. The fraction of sp³-hybridized carbons (Fsp3) is 0.190. The highest BCUT2D eigenvalue weighted by Crippen LogP contribution is 2.30. The first-order valence-corrected chi connectivity index (χ1v) is 10.5. The van der Waals surface area contributed by atoms with Crippen molar-refractivity contribution in [3.05, 3.63) is 69.7 Å². The van der Waals surface area contributed by atoms with Gasteiger partial charge in [-0.05, 0) is 42.8 Å². The molecule has 0 spiro atoms. The molecule has 0 atom stereocenters. The number of para-hydroxylation sites is 1. The first-order valence-electron chi connectivity index (χ1n) is 9.33. The van der Waals surface area contributed by atoms with Crippen LogP contribution >= 0.6 is 22.9 Å². The summed E-state index contributed by atoms with van der Waals surface area (Å²) in [6, 6.07) is 15.2. The molecule has 146 valence electrons. The van der Waals surface area contributed by atoms with E-state index in [0.717, 1.165) is 38.8 Å². The van der Waals surface area contributed by atoms with Gasteiger partial charge in [-0.15, -0.1) is 5.10 Å². The number of thiazole rings is 1. The molecule has 5 rings (SSSR count). The summed E-state index contributed by atoms with van der Waals surface area (Å²) in [5.41, 5.74) is 3.97. The highest BCUT2D eigenvalue weighted by molar-refractivity contribution is 7.17. The van der Waals surface area contributed by atoms with Gasteiger partial charge in [-0.1, -0.05) is 41.1 Å². The number of hydrogen-bond donors (Lipinski definition) is 1. The number of halogens is 1. The molecule has 6 nitrogen and oxygen atoms in total. The molecule has 1 aliphatic rings. The zero-order valence-corrected chi connectivity index (χ0v) is 17.3. The minimum absolute atomic E-state index is 0.0780. The van der Waals surface area contributed by atoms with Gasteiger partial charge < -0.3 is 10.2 Å². The molecule has 1 aliphatic heterocycles. The van der Waals surface area contributed by atoms with Gasteiger partial charge in [0.2, 0.25) is 4.96 Å². The summed E-state index contributed by atoms with van der Waals surface area (Å²) >= 11 is 7.56. The van der Waals surface area contributed by atoms with Crippen molar-refractivity contribution in [2.45, 2.75) is 19.9 Å².